The zero-order valence-electron chi connectivity index (χ0n) is 15.6. The van der Waals surface area contributed by atoms with E-state index < -0.39 is 11.1 Å². The van der Waals surface area contributed by atoms with E-state index in [0.29, 0.717) is 11.5 Å². The zero-order chi connectivity index (χ0) is 18.9. The maximum absolute atomic E-state index is 13.7. The summed E-state index contributed by atoms with van der Waals surface area (Å²) >= 11 is 0.851. The van der Waals surface area contributed by atoms with Crippen molar-refractivity contribution in [1.29, 1.82) is 0 Å². The molecule has 27 heavy (non-hydrogen) atoms. The van der Waals surface area contributed by atoms with Gasteiger partial charge in [0.25, 0.3) is 17.1 Å². The molecule has 0 aromatic heterocycles. The summed E-state index contributed by atoms with van der Waals surface area (Å²) in [6, 6.07) is 4.18. The van der Waals surface area contributed by atoms with Crippen molar-refractivity contribution < 1.29 is 14.4 Å². The lowest BCUT2D eigenvalue weighted by molar-refractivity contribution is -0.117. The number of imide groups is 1. The number of aryl methyl sites for hydroxylation is 1. The Bertz CT molecular complexity index is 943. The highest BCUT2D eigenvalue weighted by molar-refractivity contribution is 8.18. The van der Waals surface area contributed by atoms with E-state index in [1.54, 1.807) is 0 Å². The smallest absolute Gasteiger partial charge is 0.290 e. The van der Waals surface area contributed by atoms with Crippen molar-refractivity contribution in [3.63, 3.8) is 0 Å². The third-order valence-electron chi connectivity index (χ3n) is 6.51. The van der Waals surface area contributed by atoms with Crippen LogP contribution >= 0.6 is 11.8 Å². The summed E-state index contributed by atoms with van der Waals surface area (Å²) < 4.78 is 0. The van der Waals surface area contributed by atoms with Crippen molar-refractivity contribution in [2.24, 2.45) is 0 Å². The second kappa shape index (κ2) is 5.71. The average molecular weight is 382 g/mol. The second-order valence-corrected chi connectivity index (χ2v) is 9.31. The van der Waals surface area contributed by atoms with Crippen LogP contribution in [-0.4, -0.2) is 22.6 Å². The minimum Gasteiger partial charge on any atom is -0.301 e. The Morgan fingerprint density at radius 2 is 1.89 bits per heavy atom. The standard InChI is InChI=1S/C21H22N2O3S/c1-11-8-13-12(2)10-21(6-4-3-5-7-21)23-16(13)14(9-11)15(19(23)25)17-18(24)22-20(26)27-17/h8-9,12H,3-7,10H2,1-2H3,(H,22,24,26)/b17-15-. The summed E-state index contributed by atoms with van der Waals surface area (Å²) in [5.74, 6) is -0.177. The van der Waals surface area contributed by atoms with Crippen LogP contribution < -0.4 is 10.2 Å². The molecule has 4 aliphatic rings. The summed E-state index contributed by atoms with van der Waals surface area (Å²) in [5.41, 5.74) is 4.36. The Morgan fingerprint density at radius 3 is 2.56 bits per heavy atom. The van der Waals surface area contributed by atoms with E-state index in [1.807, 2.05) is 17.9 Å². The molecule has 6 heteroatoms. The number of carbonyl (C=O) groups is 3. The molecule has 0 bridgehead atoms. The quantitative estimate of drug-likeness (QED) is 0.682. The third kappa shape index (κ3) is 2.29. The molecule has 1 aliphatic carbocycles. The van der Waals surface area contributed by atoms with Crippen LogP contribution in [0.4, 0.5) is 10.5 Å². The normalized spacial score (nSPS) is 28.7. The van der Waals surface area contributed by atoms with Crippen molar-refractivity contribution in [1.82, 2.24) is 5.32 Å². The van der Waals surface area contributed by atoms with Gasteiger partial charge in [-0.2, -0.15) is 0 Å². The van der Waals surface area contributed by atoms with Gasteiger partial charge < -0.3 is 4.90 Å². The Labute approximate surface area is 162 Å². The lowest BCUT2D eigenvalue weighted by atomic mass is 9.70. The van der Waals surface area contributed by atoms with Crippen molar-refractivity contribution in [2.45, 2.75) is 63.8 Å². The van der Waals surface area contributed by atoms with Gasteiger partial charge in [-0.05, 0) is 55.5 Å². The molecule has 1 atom stereocenters. The molecule has 1 aromatic carbocycles. The van der Waals surface area contributed by atoms with Crippen LogP contribution in [-0.2, 0) is 9.59 Å². The fraction of sp³-hybridized carbons (Fsp3) is 0.476. The number of benzene rings is 1. The highest BCUT2D eigenvalue weighted by Gasteiger charge is 2.53. The molecule has 5 nitrogen and oxygen atoms in total. The van der Waals surface area contributed by atoms with Gasteiger partial charge in [-0.25, -0.2) is 0 Å². The zero-order valence-corrected chi connectivity index (χ0v) is 16.4. The van der Waals surface area contributed by atoms with Crippen LogP contribution in [0.15, 0.2) is 17.0 Å². The predicted octanol–water partition coefficient (Wildman–Crippen LogP) is 4.25. The van der Waals surface area contributed by atoms with Gasteiger partial charge in [0.1, 0.15) is 0 Å². The van der Waals surface area contributed by atoms with Gasteiger partial charge in [0, 0.05) is 11.1 Å². The largest absolute Gasteiger partial charge is 0.301 e. The highest BCUT2D eigenvalue weighted by atomic mass is 32.2. The number of rotatable bonds is 0. The van der Waals surface area contributed by atoms with Crippen LogP contribution in [0.2, 0.25) is 0 Å². The Balaban J connectivity index is 1.79. The summed E-state index contributed by atoms with van der Waals surface area (Å²) in [7, 11) is 0. The number of carbonyl (C=O) groups excluding carboxylic acids is 3. The number of fused-ring (bicyclic) bond motifs is 1. The predicted molar refractivity (Wildman–Crippen MR) is 106 cm³/mol. The molecule has 1 N–H and O–H groups in total. The molecule has 1 spiro atoms. The molecule has 5 rings (SSSR count). The number of nitrogens with one attached hydrogen (secondary N) is 1. The summed E-state index contributed by atoms with van der Waals surface area (Å²) in [6.07, 6.45) is 6.47. The minimum atomic E-state index is -0.450. The van der Waals surface area contributed by atoms with Crippen LogP contribution in [0.5, 0.6) is 0 Å². The monoisotopic (exact) mass is 382 g/mol. The van der Waals surface area contributed by atoms with Crippen molar-refractivity contribution in [3.05, 3.63) is 33.7 Å². The van der Waals surface area contributed by atoms with E-state index in [0.717, 1.165) is 60.7 Å². The molecule has 1 saturated carbocycles. The number of amides is 3. The van der Waals surface area contributed by atoms with E-state index in [9.17, 15) is 14.4 Å². The van der Waals surface area contributed by atoms with Crippen molar-refractivity contribution in [3.8, 4) is 0 Å². The van der Waals surface area contributed by atoms with E-state index in [-0.39, 0.29) is 16.4 Å². The Morgan fingerprint density at radius 1 is 1.15 bits per heavy atom. The summed E-state index contributed by atoms with van der Waals surface area (Å²) in [4.78, 5) is 40.1. The van der Waals surface area contributed by atoms with E-state index in [4.69, 9.17) is 0 Å². The number of hydrogen-bond acceptors (Lipinski definition) is 4. The van der Waals surface area contributed by atoms with Gasteiger partial charge in [0.05, 0.1) is 16.2 Å². The maximum Gasteiger partial charge on any atom is 0.290 e. The van der Waals surface area contributed by atoms with Crippen molar-refractivity contribution in [2.75, 3.05) is 4.90 Å². The van der Waals surface area contributed by atoms with E-state index in [2.05, 4.69) is 18.3 Å². The minimum absolute atomic E-state index is 0.0991. The topological polar surface area (TPSA) is 66.5 Å². The molecular formula is C21H22N2O3S. The van der Waals surface area contributed by atoms with Crippen LogP contribution in [0, 0.1) is 6.92 Å². The molecule has 3 heterocycles. The molecule has 1 aromatic rings. The van der Waals surface area contributed by atoms with Crippen LogP contribution in [0.25, 0.3) is 5.57 Å². The van der Waals surface area contributed by atoms with Gasteiger partial charge >= 0.3 is 0 Å². The number of anilines is 1. The molecule has 140 valence electrons. The van der Waals surface area contributed by atoms with Gasteiger partial charge in [0.15, 0.2) is 0 Å². The molecule has 1 saturated heterocycles. The molecular weight excluding hydrogens is 360 g/mol. The average Bonchev–Trinajstić information content (AvgIpc) is 3.09. The van der Waals surface area contributed by atoms with Crippen molar-refractivity contribution >= 4 is 40.1 Å². The molecule has 3 amide bonds. The first kappa shape index (κ1) is 17.0. The number of thioether (sulfide) groups is 1. The summed E-state index contributed by atoms with van der Waals surface area (Å²) in [5, 5.41) is 1.91. The van der Waals surface area contributed by atoms with E-state index >= 15 is 0 Å². The first-order valence-corrected chi connectivity index (χ1v) is 10.5. The molecule has 2 fully saturated rings. The first-order valence-electron chi connectivity index (χ1n) is 9.68. The number of hydrogen-bond donors (Lipinski definition) is 1. The lowest BCUT2D eigenvalue weighted by Gasteiger charge is -2.50. The fourth-order valence-corrected chi connectivity index (χ4v) is 6.28. The second-order valence-electron chi connectivity index (χ2n) is 8.33. The van der Waals surface area contributed by atoms with Gasteiger partial charge in [-0.3, -0.25) is 19.7 Å². The van der Waals surface area contributed by atoms with Gasteiger partial charge in [0.2, 0.25) is 0 Å². The highest BCUT2D eigenvalue weighted by Crippen LogP contribution is 2.57. The molecule has 0 radical (unpaired) electrons. The first-order chi connectivity index (χ1) is 12.9. The number of nitrogens with zero attached hydrogens (tertiary/aromatic N) is 1. The Hall–Kier alpha value is -2.08. The van der Waals surface area contributed by atoms with Crippen LogP contribution in [0.3, 0.4) is 0 Å². The Kier molecular flexibility index (Phi) is 3.60. The molecule has 1 unspecified atom stereocenters. The van der Waals surface area contributed by atoms with Gasteiger partial charge in [-0.15, -0.1) is 0 Å². The lowest BCUT2D eigenvalue weighted by Crippen LogP contribution is -2.54. The molecule has 3 aliphatic heterocycles. The SMILES string of the molecule is Cc1cc2c3c(c1)C(C)CC1(CCCCC1)N3C(=O)/C2=C1\SC(=O)NC1=O. The van der Waals surface area contributed by atoms with Crippen LogP contribution in [0.1, 0.15) is 68.1 Å². The van der Waals surface area contributed by atoms with E-state index in [1.165, 1.54) is 12.0 Å². The summed E-state index contributed by atoms with van der Waals surface area (Å²) in [6.45, 7) is 4.27. The fourth-order valence-electron chi connectivity index (χ4n) is 5.51. The van der Waals surface area contributed by atoms with Gasteiger partial charge in [-0.1, -0.05) is 37.8 Å². The maximum atomic E-state index is 13.7. The third-order valence-corrected chi connectivity index (χ3v) is 7.39.